The number of anilines is 2. The highest BCUT2D eigenvalue weighted by Crippen LogP contribution is 2.35. The van der Waals surface area contributed by atoms with Gasteiger partial charge in [0.25, 0.3) is 0 Å². The number of aliphatic hydroxyl groups excluding tert-OH is 1. The van der Waals surface area contributed by atoms with E-state index in [-0.39, 0.29) is 6.61 Å². The van der Waals surface area contributed by atoms with Gasteiger partial charge in [0, 0.05) is 19.2 Å². The molecular formula is C13H19ClN2O. The minimum atomic E-state index is 0.259. The summed E-state index contributed by atoms with van der Waals surface area (Å²) in [4.78, 5) is 2.33. The van der Waals surface area contributed by atoms with Gasteiger partial charge in [-0.05, 0) is 37.8 Å². The van der Waals surface area contributed by atoms with Crippen LogP contribution >= 0.6 is 11.6 Å². The van der Waals surface area contributed by atoms with Crippen LogP contribution in [0.4, 0.5) is 11.4 Å². The zero-order valence-corrected chi connectivity index (χ0v) is 10.7. The van der Waals surface area contributed by atoms with Gasteiger partial charge in [-0.25, -0.2) is 0 Å². The minimum absolute atomic E-state index is 0.259. The maximum absolute atomic E-state index is 8.92. The Balaban J connectivity index is 2.17. The number of rotatable bonds is 4. The van der Waals surface area contributed by atoms with Crippen molar-refractivity contribution in [2.24, 2.45) is 0 Å². The van der Waals surface area contributed by atoms with E-state index < -0.39 is 0 Å². The average molecular weight is 255 g/mol. The third-order valence-electron chi connectivity index (χ3n) is 3.41. The van der Waals surface area contributed by atoms with Crippen LogP contribution in [-0.4, -0.2) is 24.3 Å². The Bertz CT molecular complexity index is 384. The van der Waals surface area contributed by atoms with Gasteiger partial charge in [0.1, 0.15) is 0 Å². The second-order valence-corrected chi connectivity index (χ2v) is 4.94. The molecule has 3 N–H and O–H groups in total. The molecule has 0 aromatic heterocycles. The van der Waals surface area contributed by atoms with E-state index in [9.17, 15) is 0 Å². The molecule has 0 saturated carbocycles. The summed E-state index contributed by atoms with van der Waals surface area (Å²) in [6.07, 6.45) is 4.22. The van der Waals surface area contributed by atoms with Gasteiger partial charge < -0.3 is 15.7 Å². The second kappa shape index (κ2) is 5.61. The fraction of sp³-hybridized carbons (Fsp3) is 0.538. The van der Waals surface area contributed by atoms with Crippen molar-refractivity contribution in [1.82, 2.24) is 0 Å². The summed E-state index contributed by atoms with van der Waals surface area (Å²) in [5.41, 5.74) is 7.74. The third kappa shape index (κ3) is 2.67. The molecule has 1 fully saturated rings. The maximum Gasteiger partial charge on any atom is 0.0741 e. The molecule has 3 nitrogen and oxygen atoms in total. The van der Waals surface area contributed by atoms with Crippen molar-refractivity contribution in [1.29, 1.82) is 0 Å². The smallest absolute Gasteiger partial charge is 0.0741 e. The van der Waals surface area contributed by atoms with E-state index in [1.54, 1.807) is 0 Å². The highest BCUT2D eigenvalue weighted by Gasteiger charge is 2.25. The summed E-state index contributed by atoms with van der Waals surface area (Å²) < 4.78 is 0. The summed E-state index contributed by atoms with van der Waals surface area (Å²) in [6.45, 7) is 1.29. The fourth-order valence-corrected chi connectivity index (χ4v) is 2.73. The van der Waals surface area contributed by atoms with Crippen LogP contribution < -0.4 is 10.6 Å². The summed E-state index contributed by atoms with van der Waals surface area (Å²) in [6, 6.07) is 6.27. The van der Waals surface area contributed by atoms with E-state index >= 15 is 0 Å². The van der Waals surface area contributed by atoms with E-state index in [0.717, 1.165) is 25.1 Å². The van der Waals surface area contributed by atoms with Crippen LogP contribution in [0.25, 0.3) is 0 Å². The molecule has 4 heteroatoms. The Morgan fingerprint density at radius 1 is 1.47 bits per heavy atom. The molecule has 0 bridgehead atoms. The van der Waals surface area contributed by atoms with Gasteiger partial charge in [-0.1, -0.05) is 17.7 Å². The molecule has 0 spiro atoms. The van der Waals surface area contributed by atoms with Crippen LogP contribution in [0, 0.1) is 0 Å². The first-order valence-electron chi connectivity index (χ1n) is 6.15. The van der Waals surface area contributed by atoms with Gasteiger partial charge in [-0.3, -0.25) is 0 Å². The highest BCUT2D eigenvalue weighted by atomic mass is 35.5. The Labute approximate surface area is 107 Å². The molecule has 1 heterocycles. The molecule has 17 heavy (non-hydrogen) atoms. The van der Waals surface area contributed by atoms with Crippen molar-refractivity contribution in [3.63, 3.8) is 0 Å². The number of nitrogens with two attached hydrogens (primary N) is 1. The van der Waals surface area contributed by atoms with Crippen molar-refractivity contribution >= 4 is 23.0 Å². The normalized spacial score (nSPS) is 19.9. The molecule has 1 saturated heterocycles. The molecule has 1 aromatic carbocycles. The van der Waals surface area contributed by atoms with Crippen LogP contribution in [0.1, 0.15) is 25.7 Å². The van der Waals surface area contributed by atoms with E-state index in [4.69, 9.17) is 22.4 Å². The van der Waals surface area contributed by atoms with Crippen LogP contribution in [0.15, 0.2) is 18.2 Å². The Hall–Kier alpha value is -0.930. The quantitative estimate of drug-likeness (QED) is 0.813. The standard InChI is InChI=1S/C13H19ClN2O/c14-11-6-1-7-12(13(11)15)16-8-2-4-10(16)5-3-9-17/h1,6-7,10,17H,2-5,8-9,15H2. The Morgan fingerprint density at radius 3 is 3.06 bits per heavy atom. The summed E-state index contributed by atoms with van der Waals surface area (Å²) in [5, 5.41) is 9.54. The first-order chi connectivity index (χ1) is 8.24. The van der Waals surface area contributed by atoms with Crippen LogP contribution in [0.2, 0.25) is 5.02 Å². The maximum atomic E-state index is 8.92. The third-order valence-corrected chi connectivity index (χ3v) is 3.74. The molecule has 94 valence electrons. The Morgan fingerprint density at radius 2 is 2.29 bits per heavy atom. The van der Waals surface area contributed by atoms with E-state index in [0.29, 0.717) is 16.8 Å². The van der Waals surface area contributed by atoms with E-state index in [1.807, 2.05) is 18.2 Å². The van der Waals surface area contributed by atoms with Crippen LogP contribution in [-0.2, 0) is 0 Å². The molecule has 1 aliphatic rings. The number of aliphatic hydroxyl groups is 1. The SMILES string of the molecule is Nc1c(Cl)cccc1N1CCCC1CCCO. The molecule has 0 aliphatic carbocycles. The van der Waals surface area contributed by atoms with Crippen LogP contribution in [0.5, 0.6) is 0 Å². The minimum Gasteiger partial charge on any atom is -0.396 e. The molecule has 0 amide bonds. The highest BCUT2D eigenvalue weighted by molar-refractivity contribution is 6.33. The second-order valence-electron chi connectivity index (χ2n) is 4.53. The van der Waals surface area contributed by atoms with E-state index in [1.165, 1.54) is 12.8 Å². The van der Waals surface area contributed by atoms with Crippen molar-refractivity contribution < 1.29 is 5.11 Å². The van der Waals surface area contributed by atoms with Gasteiger partial charge in [0.15, 0.2) is 0 Å². The lowest BCUT2D eigenvalue weighted by molar-refractivity contribution is 0.279. The number of halogens is 1. The molecule has 1 aromatic rings. The lowest BCUT2D eigenvalue weighted by atomic mass is 10.1. The Kier molecular flexibility index (Phi) is 4.13. The zero-order chi connectivity index (χ0) is 12.3. The summed E-state index contributed by atoms with van der Waals surface area (Å²) in [5.74, 6) is 0. The summed E-state index contributed by atoms with van der Waals surface area (Å²) >= 11 is 6.05. The number of nitrogens with zero attached hydrogens (tertiary/aromatic N) is 1. The monoisotopic (exact) mass is 254 g/mol. The zero-order valence-electron chi connectivity index (χ0n) is 9.90. The number of para-hydroxylation sites is 1. The molecule has 1 unspecified atom stereocenters. The van der Waals surface area contributed by atoms with Gasteiger partial charge in [-0.15, -0.1) is 0 Å². The largest absolute Gasteiger partial charge is 0.396 e. The first kappa shape index (κ1) is 12.5. The first-order valence-corrected chi connectivity index (χ1v) is 6.53. The van der Waals surface area contributed by atoms with Crippen molar-refractivity contribution in [3.8, 4) is 0 Å². The predicted octanol–water partition coefficient (Wildman–Crippen LogP) is 2.66. The fourth-order valence-electron chi connectivity index (χ4n) is 2.56. The van der Waals surface area contributed by atoms with Gasteiger partial charge in [0.05, 0.1) is 16.4 Å². The van der Waals surface area contributed by atoms with Gasteiger partial charge >= 0.3 is 0 Å². The van der Waals surface area contributed by atoms with Crippen molar-refractivity contribution in [3.05, 3.63) is 23.2 Å². The molecule has 2 rings (SSSR count). The lowest BCUT2D eigenvalue weighted by Crippen LogP contribution is -2.30. The topological polar surface area (TPSA) is 49.5 Å². The summed E-state index contributed by atoms with van der Waals surface area (Å²) in [7, 11) is 0. The van der Waals surface area contributed by atoms with Crippen molar-refractivity contribution in [2.45, 2.75) is 31.7 Å². The van der Waals surface area contributed by atoms with E-state index in [2.05, 4.69) is 4.90 Å². The predicted molar refractivity (Wildman–Crippen MR) is 72.6 cm³/mol. The van der Waals surface area contributed by atoms with Crippen LogP contribution in [0.3, 0.4) is 0 Å². The van der Waals surface area contributed by atoms with Gasteiger partial charge in [-0.2, -0.15) is 0 Å². The van der Waals surface area contributed by atoms with Gasteiger partial charge in [0.2, 0.25) is 0 Å². The number of benzene rings is 1. The number of hydrogen-bond donors (Lipinski definition) is 2. The number of nitrogen functional groups attached to an aromatic ring is 1. The average Bonchev–Trinajstić information content (AvgIpc) is 2.78. The number of hydrogen-bond acceptors (Lipinski definition) is 3. The molecule has 0 radical (unpaired) electrons. The molecule has 1 atom stereocenters. The lowest BCUT2D eigenvalue weighted by Gasteiger charge is -2.28. The molecular weight excluding hydrogens is 236 g/mol. The molecule has 1 aliphatic heterocycles. The van der Waals surface area contributed by atoms with Crippen molar-refractivity contribution in [2.75, 3.05) is 23.8 Å².